The van der Waals surface area contributed by atoms with Crippen LogP contribution in [0.15, 0.2) is 30.3 Å². The Morgan fingerprint density at radius 2 is 2.10 bits per heavy atom. The smallest absolute Gasteiger partial charge is 0.303 e. The Bertz CT molecular complexity index is 654. The summed E-state index contributed by atoms with van der Waals surface area (Å²) >= 11 is 6.07. The molecule has 110 valence electrons. The number of amides is 1. The number of carboxylic acid groups (broad SMARTS) is 1. The molecule has 1 aromatic carbocycles. The van der Waals surface area contributed by atoms with Crippen LogP contribution in [0.25, 0.3) is 11.3 Å². The Hall–Kier alpha value is -2.34. The summed E-state index contributed by atoms with van der Waals surface area (Å²) in [6.45, 7) is 0.297. The van der Waals surface area contributed by atoms with E-state index in [0.717, 1.165) is 5.56 Å². The quantitative estimate of drug-likeness (QED) is 0.714. The molecule has 2 rings (SSSR count). The van der Waals surface area contributed by atoms with E-state index < -0.39 is 5.97 Å². The minimum absolute atomic E-state index is 0.0220. The fraction of sp³-hybridized carbons (Fsp3) is 0.214. The summed E-state index contributed by atoms with van der Waals surface area (Å²) in [6, 6.07) is 8.81. The monoisotopic (exact) mass is 307 g/mol. The normalized spacial score (nSPS) is 10.3. The number of nitrogens with zero attached hydrogens (tertiary/aromatic N) is 1. The molecule has 0 atom stereocenters. The summed E-state index contributed by atoms with van der Waals surface area (Å²) in [7, 11) is 0. The van der Waals surface area contributed by atoms with Crippen LogP contribution in [0.1, 0.15) is 23.3 Å². The number of rotatable bonds is 6. The van der Waals surface area contributed by atoms with Crippen molar-refractivity contribution in [2.75, 3.05) is 6.54 Å². The van der Waals surface area contributed by atoms with Crippen molar-refractivity contribution < 1.29 is 14.7 Å². The molecule has 21 heavy (non-hydrogen) atoms. The van der Waals surface area contributed by atoms with E-state index in [0.29, 0.717) is 29.4 Å². The van der Waals surface area contributed by atoms with Crippen LogP contribution in [0, 0.1) is 0 Å². The summed E-state index contributed by atoms with van der Waals surface area (Å²) in [5.74, 6) is -1.21. The molecule has 0 spiro atoms. The first-order valence-corrected chi connectivity index (χ1v) is 6.76. The zero-order valence-electron chi connectivity index (χ0n) is 11.1. The van der Waals surface area contributed by atoms with Gasteiger partial charge in [-0.1, -0.05) is 29.8 Å². The van der Waals surface area contributed by atoms with E-state index >= 15 is 0 Å². The molecule has 7 heteroatoms. The van der Waals surface area contributed by atoms with Gasteiger partial charge in [0.1, 0.15) is 5.69 Å². The molecule has 1 aromatic heterocycles. The number of carbonyl (C=O) groups is 2. The number of benzene rings is 1. The Kier molecular flexibility index (Phi) is 4.94. The van der Waals surface area contributed by atoms with E-state index in [1.807, 2.05) is 18.2 Å². The van der Waals surface area contributed by atoms with Crippen LogP contribution in [0.5, 0.6) is 0 Å². The van der Waals surface area contributed by atoms with Crippen LogP contribution < -0.4 is 5.32 Å². The van der Waals surface area contributed by atoms with Crippen molar-refractivity contribution in [2.45, 2.75) is 12.8 Å². The molecule has 6 nitrogen and oxygen atoms in total. The maximum Gasteiger partial charge on any atom is 0.303 e. The zero-order chi connectivity index (χ0) is 15.2. The second-order valence-electron chi connectivity index (χ2n) is 4.40. The van der Waals surface area contributed by atoms with Gasteiger partial charge in [-0.15, -0.1) is 0 Å². The maximum atomic E-state index is 11.9. The van der Waals surface area contributed by atoms with Crippen LogP contribution in [-0.2, 0) is 4.79 Å². The molecule has 0 aliphatic heterocycles. The number of hydrogen-bond acceptors (Lipinski definition) is 3. The molecule has 2 aromatic rings. The van der Waals surface area contributed by atoms with Crippen LogP contribution in [-0.4, -0.2) is 33.7 Å². The average Bonchev–Trinajstić information content (AvgIpc) is 2.93. The molecule has 0 saturated carbocycles. The van der Waals surface area contributed by atoms with E-state index in [2.05, 4.69) is 15.5 Å². The van der Waals surface area contributed by atoms with Crippen molar-refractivity contribution in [1.82, 2.24) is 15.5 Å². The van der Waals surface area contributed by atoms with Crippen LogP contribution in [0.4, 0.5) is 0 Å². The van der Waals surface area contributed by atoms with Gasteiger partial charge in [0, 0.05) is 18.5 Å². The molecule has 0 bridgehead atoms. The van der Waals surface area contributed by atoms with E-state index in [4.69, 9.17) is 16.7 Å². The van der Waals surface area contributed by atoms with Gasteiger partial charge in [-0.05, 0) is 18.6 Å². The Labute approximate surface area is 126 Å². The Morgan fingerprint density at radius 1 is 1.33 bits per heavy atom. The van der Waals surface area contributed by atoms with Crippen molar-refractivity contribution in [3.8, 4) is 11.3 Å². The summed E-state index contributed by atoms with van der Waals surface area (Å²) in [5.41, 5.74) is 1.62. The van der Waals surface area contributed by atoms with Crippen molar-refractivity contribution in [2.24, 2.45) is 0 Å². The highest BCUT2D eigenvalue weighted by Crippen LogP contribution is 2.26. The lowest BCUT2D eigenvalue weighted by molar-refractivity contribution is -0.137. The third-order valence-electron chi connectivity index (χ3n) is 2.83. The topological polar surface area (TPSA) is 95.1 Å². The van der Waals surface area contributed by atoms with Gasteiger partial charge in [0.05, 0.1) is 10.7 Å². The fourth-order valence-electron chi connectivity index (χ4n) is 1.78. The minimum Gasteiger partial charge on any atom is -0.481 e. The fourth-order valence-corrected chi connectivity index (χ4v) is 2.01. The number of aromatic nitrogens is 2. The zero-order valence-corrected chi connectivity index (χ0v) is 11.9. The lowest BCUT2D eigenvalue weighted by Gasteiger charge is -2.01. The van der Waals surface area contributed by atoms with Crippen LogP contribution in [0.3, 0.4) is 0 Å². The standard InChI is InChI=1S/C14H14ClN3O3/c15-10-5-2-1-4-9(10)11-8-12(18-17-11)14(21)16-7-3-6-13(19)20/h1-2,4-5,8H,3,6-7H2,(H,16,21)(H,17,18)(H,19,20). The molecule has 3 N–H and O–H groups in total. The number of hydrogen-bond donors (Lipinski definition) is 3. The third-order valence-corrected chi connectivity index (χ3v) is 3.15. The Morgan fingerprint density at radius 3 is 2.81 bits per heavy atom. The van der Waals surface area contributed by atoms with E-state index in [9.17, 15) is 9.59 Å². The van der Waals surface area contributed by atoms with Gasteiger partial charge in [0.2, 0.25) is 0 Å². The Balaban J connectivity index is 1.98. The lowest BCUT2D eigenvalue weighted by atomic mass is 10.1. The SMILES string of the molecule is O=C(O)CCCNC(=O)c1cc(-c2ccccc2Cl)n[nH]1. The maximum absolute atomic E-state index is 11.9. The molecule has 0 saturated heterocycles. The number of aromatic amines is 1. The van der Waals surface area contributed by atoms with Crippen molar-refractivity contribution >= 4 is 23.5 Å². The number of H-pyrrole nitrogens is 1. The molecule has 0 fully saturated rings. The highest BCUT2D eigenvalue weighted by molar-refractivity contribution is 6.33. The van der Waals surface area contributed by atoms with Gasteiger partial charge in [0.25, 0.3) is 5.91 Å². The van der Waals surface area contributed by atoms with Gasteiger partial charge < -0.3 is 10.4 Å². The minimum atomic E-state index is -0.883. The van der Waals surface area contributed by atoms with Gasteiger partial charge >= 0.3 is 5.97 Å². The predicted octanol–water partition coefficient (Wildman–Crippen LogP) is 2.32. The molecule has 1 amide bonds. The first kappa shape index (κ1) is 15.1. The molecule has 0 radical (unpaired) electrons. The number of carbonyl (C=O) groups excluding carboxylic acids is 1. The molecule has 1 heterocycles. The first-order valence-electron chi connectivity index (χ1n) is 6.38. The van der Waals surface area contributed by atoms with Gasteiger partial charge in [-0.25, -0.2) is 0 Å². The predicted molar refractivity (Wildman–Crippen MR) is 78.2 cm³/mol. The molecular formula is C14H14ClN3O3. The first-order chi connectivity index (χ1) is 10.1. The van der Waals surface area contributed by atoms with E-state index in [1.54, 1.807) is 12.1 Å². The number of carboxylic acids is 1. The second kappa shape index (κ2) is 6.90. The lowest BCUT2D eigenvalue weighted by Crippen LogP contribution is -2.25. The molecule has 0 aliphatic carbocycles. The number of halogens is 1. The number of aliphatic carboxylic acids is 1. The molecule has 0 unspecified atom stereocenters. The van der Waals surface area contributed by atoms with E-state index in [1.165, 1.54) is 0 Å². The van der Waals surface area contributed by atoms with Crippen molar-refractivity contribution in [1.29, 1.82) is 0 Å². The van der Waals surface area contributed by atoms with Gasteiger partial charge in [0.15, 0.2) is 0 Å². The molecular weight excluding hydrogens is 294 g/mol. The largest absolute Gasteiger partial charge is 0.481 e. The summed E-state index contributed by atoms with van der Waals surface area (Å²) in [4.78, 5) is 22.2. The second-order valence-corrected chi connectivity index (χ2v) is 4.81. The summed E-state index contributed by atoms with van der Waals surface area (Å²) < 4.78 is 0. The van der Waals surface area contributed by atoms with Crippen LogP contribution in [0.2, 0.25) is 5.02 Å². The highest BCUT2D eigenvalue weighted by atomic mass is 35.5. The van der Waals surface area contributed by atoms with Crippen molar-refractivity contribution in [3.63, 3.8) is 0 Å². The van der Waals surface area contributed by atoms with Gasteiger partial charge in [-0.3, -0.25) is 14.7 Å². The van der Waals surface area contributed by atoms with Crippen molar-refractivity contribution in [3.05, 3.63) is 41.0 Å². The molecule has 0 aliphatic rings. The van der Waals surface area contributed by atoms with Gasteiger partial charge in [-0.2, -0.15) is 5.10 Å². The average molecular weight is 308 g/mol. The third kappa shape index (κ3) is 4.06. The van der Waals surface area contributed by atoms with E-state index in [-0.39, 0.29) is 12.3 Å². The summed E-state index contributed by atoms with van der Waals surface area (Å²) in [5, 5.41) is 18.4. The summed E-state index contributed by atoms with van der Waals surface area (Å²) in [6.07, 6.45) is 0.403. The highest BCUT2D eigenvalue weighted by Gasteiger charge is 2.12. The van der Waals surface area contributed by atoms with Crippen LogP contribution >= 0.6 is 11.6 Å². The number of nitrogens with one attached hydrogen (secondary N) is 2.